The molecular weight excluding hydrogens is 294 g/mol. The van der Waals surface area contributed by atoms with Gasteiger partial charge in [0.25, 0.3) is 0 Å². The van der Waals surface area contributed by atoms with Gasteiger partial charge in [0, 0.05) is 28.4 Å². The third-order valence-electron chi connectivity index (χ3n) is 3.15. The molecule has 1 aliphatic heterocycles. The molecule has 5 heteroatoms. The smallest absolute Gasteiger partial charge is 0.163 e. The fourth-order valence-electron chi connectivity index (χ4n) is 2.09. The van der Waals surface area contributed by atoms with Crippen molar-refractivity contribution in [1.29, 1.82) is 0 Å². The van der Waals surface area contributed by atoms with E-state index in [0.717, 1.165) is 30.2 Å². The molecule has 0 atom stereocenters. The molecule has 0 unspecified atom stereocenters. The molecular formula is C15H16ClNO2S. The monoisotopic (exact) mass is 309 g/mol. The normalized spacial score (nSPS) is 13.3. The maximum atomic E-state index is 6.27. The Morgan fingerprint density at radius 1 is 1.15 bits per heavy atom. The van der Waals surface area contributed by atoms with E-state index < -0.39 is 0 Å². The van der Waals surface area contributed by atoms with Crippen molar-refractivity contribution in [2.45, 2.75) is 19.9 Å². The first-order valence-corrected chi connectivity index (χ1v) is 7.86. The second-order valence-electron chi connectivity index (χ2n) is 4.55. The fourth-order valence-corrected chi connectivity index (χ4v) is 3.21. The lowest BCUT2D eigenvalue weighted by Gasteiger charge is -2.20. The summed E-state index contributed by atoms with van der Waals surface area (Å²) in [4.78, 5) is 2.70. The van der Waals surface area contributed by atoms with E-state index in [4.69, 9.17) is 21.1 Å². The number of aryl methyl sites for hydroxylation is 1. The summed E-state index contributed by atoms with van der Waals surface area (Å²) in [6.45, 7) is 4.09. The SMILES string of the molecule is CCc1ccc(CNc2cc3c(cc2Cl)OCCO3)s1. The third kappa shape index (κ3) is 2.86. The van der Waals surface area contributed by atoms with Crippen LogP contribution in [0.4, 0.5) is 5.69 Å². The van der Waals surface area contributed by atoms with Crippen LogP contribution >= 0.6 is 22.9 Å². The quantitative estimate of drug-likeness (QED) is 0.911. The molecule has 0 fully saturated rings. The average molecular weight is 310 g/mol. The van der Waals surface area contributed by atoms with Crippen LogP contribution in [0.15, 0.2) is 24.3 Å². The zero-order valence-corrected chi connectivity index (χ0v) is 12.8. The summed E-state index contributed by atoms with van der Waals surface area (Å²) in [7, 11) is 0. The molecule has 2 heterocycles. The predicted molar refractivity (Wildman–Crippen MR) is 83.5 cm³/mol. The molecule has 3 nitrogen and oxygen atoms in total. The van der Waals surface area contributed by atoms with Crippen LogP contribution in [-0.2, 0) is 13.0 Å². The number of halogens is 1. The summed E-state index contributed by atoms with van der Waals surface area (Å²) < 4.78 is 11.1. The molecule has 2 aromatic rings. The Morgan fingerprint density at radius 3 is 2.55 bits per heavy atom. The summed E-state index contributed by atoms with van der Waals surface area (Å²) in [6, 6.07) is 8.05. The predicted octanol–water partition coefficient (Wildman–Crippen LogP) is 4.35. The number of rotatable bonds is 4. The van der Waals surface area contributed by atoms with Gasteiger partial charge in [-0.1, -0.05) is 18.5 Å². The van der Waals surface area contributed by atoms with Crippen LogP contribution in [0.25, 0.3) is 0 Å². The molecule has 0 amide bonds. The number of thiophene rings is 1. The topological polar surface area (TPSA) is 30.5 Å². The highest BCUT2D eigenvalue weighted by Gasteiger charge is 2.15. The largest absolute Gasteiger partial charge is 0.486 e. The van der Waals surface area contributed by atoms with E-state index in [0.29, 0.717) is 18.2 Å². The van der Waals surface area contributed by atoms with Crippen molar-refractivity contribution in [3.8, 4) is 11.5 Å². The van der Waals surface area contributed by atoms with E-state index in [1.807, 2.05) is 23.5 Å². The lowest BCUT2D eigenvalue weighted by molar-refractivity contribution is 0.171. The molecule has 20 heavy (non-hydrogen) atoms. The van der Waals surface area contributed by atoms with Crippen LogP contribution in [0.1, 0.15) is 16.7 Å². The maximum Gasteiger partial charge on any atom is 0.163 e. The van der Waals surface area contributed by atoms with E-state index in [9.17, 15) is 0 Å². The number of benzene rings is 1. The van der Waals surface area contributed by atoms with Crippen LogP contribution in [0, 0.1) is 0 Å². The highest BCUT2D eigenvalue weighted by molar-refractivity contribution is 7.12. The lowest BCUT2D eigenvalue weighted by Crippen LogP contribution is -2.15. The van der Waals surface area contributed by atoms with Gasteiger partial charge in [0.2, 0.25) is 0 Å². The maximum absolute atomic E-state index is 6.27. The first-order valence-electron chi connectivity index (χ1n) is 6.67. The molecule has 1 aliphatic rings. The van der Waals surface area contributed by atoms with E-state index in [-0.39, 0.29) is 0 Å². The Labute approximate surface area is 127 Å². The van der Waals surface area contributed by atoms with E-state index >= 15 is 0 Å². The van der Waals surface area contributed by atoms with Gasteiger partial charge in [0.05, 0.1) is 10.7 Å². The number of anilines is 1. The van der Waals surface area contributed by atoms with Gasteiger partial charge >= 0.3 is 0 Å². The fraction of sp³-hybridized carbons (Fsp3) is 0.333. The minimum Gasteiger partial charge on any atom is -0.486 e. The zero-order chi connectivity index (χ0) is 13.9. The van der Waals surface area contributed by atoms with Gasteiger partial charge in [-0.3, -0.25) is 0 Å². The van der Waals surface area contributed by atoms with Crippen molar-refractivity contribution in [2.24, 2.45) is 0 Å². The van der Waals surface area contributed by atoms with Gasteiger partial charge in [-0.05, 0) is 18.6 Å². The lowest BCUT2D eigenvalue weighted by atomic mass is 10.2. The van der Waals surface area contributed by atoms with Crippen LogP contribution in [0.2, 0.25) is 5.02 Å². The standard InChI is InChI=1S/C15H16ClNO2S/c1-2-10-3-4-11(20-10)9-17-13-8-15-14(7-12(13)16)18-5-6-19-15/h3-4,7-8,17H,2,5-6,9H2,1H3. The van der Waals surface area contributed by atoms with Crippen molar-refractivity contribution in [3.63, 3.8) is 0 Å². The molecule has 1 aromatic heterocycles. The van der Waals surface area contributed by atoms with Crippen molar-refractivity contribution >= 4 is 28.6 Å². The minimum atomic E-state index is 0.574. The van der Waals surface area contributed by atoms with E-state index in [1.165, 1.54) is 9.75 Å². The summed E-state index contributed by atoms with van der Waals surface area (Å²) in [6.07, 6.45) is 1.08. The van der Waals surface area contributed by atoms with Gasteiger partial charge < -0.3 is 14.8 Å². The molecule has 1 N–H and O–H groups in total. The molecule has 0 spiro atoms. The molecule has 1 aromatic carbocycles. The van der Waals surface area contributed by atoms with Gasteiger partial charge in [-0.2, -0.15) is 0 Å². The Kier molecular flexibility index (Phi) is 4.03. The summed E-state index contributed by atoms with van der Waals surface area (Å²) in [5, 5.41) is 4.01. The van der Waals surface area contributed by atoms with Crippen LogP contribution in [-0.4, -0.2) is 13.2 Å². The molecule has 0 saturated carbocycles. The van der Waals surface area contributed by atoms with Gasteiger partial charge in [0.15, 0.2) is 11.5 Å². The number of hydrogen-bond donors (Lipinski definition) is 1. The molecule has 106 valence electrons. The third-order valence-corrected chi connectivity index (χ3v) is 4.69. The number of nitrogens with one attached hydrogen (secondary N) is 1. The van der Waals surface area contributed by atoms with Crippen molar-refractivity contribution < 1.29 is 9.47 Å². The first-order chi connectivity index (χ1) is 9.76. The summed E-state index contributed by atoms with van der Waals surface area (Å²) >= 11 is 8.09. The highest BCUT2D eigenvalue weighted by Crippen LogP contribution is 2.38. The Morgan fingerprint density at radius 2 is 1.85 bits per heavy atom. The summed E-state index contributed by atoms with van der Waals surface area (Å²) in [5.41, 5.74) is 0.877. The highest BCUT2D eigenvalue weighted by atomic mass is 35.5. The van der Waals surface area contributed by atoms with Crippen LogP contribution < -0.4 is 14.8 Å². The molecule has 0 radical (unpaired) electrons. The first kappa shape index (κ1) is 13.6. The van der Waals surface area contributed by atoms with E-state index in [2.05, 4.69) is 24.4 Å². The van der Waals surface area contributed by atoms with Crippen LogP contribution in [0.5, 0.6) is 11.5 Å². The van der Waals surface area contributed by atoms with Gasteiger partial charge in [0.1, 0.15) is 13.2 Å². The molecule has 3 rings (SSSR count). The van der Waals surface area contributed by atoms with Gasteiger partial charge in [-0.25, -0.2) is 0 Å². The Balaban J connectivity index is 1.73. The van der Waals surface area contributed by atoms with Crippen LogP contribution in [0.3, 0.4) is 0 Å². The second kappa shape index (κ2) is 5.94. The zero-order valence-electron chi connectivity index (χ0n) is 11.2. The number of fused-ring (bicyclic) bond motifs is 1. The van der Waals surface area contributed by atoms with Gasteiger partial charge in [-0.15, -0.1) is 11.3 Å². The molecule has 0 aliphatic carbocycles. The van der Waals surface area contributed by atoms with E-state index in [1.54, 1.807) is 0 Å². The Bertz CT molecular complexity index is 612. The van der Waals surface area contributed by atoms with Crippen molar-refractivity contribution in [2.75, 3.05) is 18.5 Å². The number of hydrogen-bond acceptors (Lipinski definition) is 4. The minimum absolute atomic E-state index is 0.574. The summed E-state index contributed by atoms with van der Waals surface area (Å²) in [5.74, 6) is 1.47. The number of ether oxygens (including phenoxy) is 2. The molecule has 0 bridgehead atoms. The van der Waals surface area contributed by atoms with Crippen molar-refractivity contribution in [1.82, 2.24) is 0 Å². The Hall–Kier alpha value is -1.39. The molecule has 0 saturated heterocycles. The van der Waals surface area contributed by atoms with Crippen molar-refractivity contribution in [3.05, 3.63) is 39.0 Å². The average Bonchev–Trinajstić information content (AvgIpc) is 2.93. The second-order valence-corrected chi connectivity index (χ2v) is 6.21.